The molecule has 0 aromatic heterocycles. The van der Waals surface area contributed by atoms with Gasteiger partial charge in [0.15, 0.2) is 0 Å². The Labute approximate surface area is 130 Å². The van der Waals surface area contributed by atoms with Crippen molar-refractivity contribution in [2.45, 2.75) is 77.9 Å². The molecule has 0 aromatic carbocycles. The Hall–Kier alpha value is -0.610. The molecule has 1 saturated heterocycles. The van der Waals surface area contributed by atoms with Crippen LogP contribution < -0.4 is 11.1 Å². The lowest BCUT2D eigenvalue weighted by molar-refractivity contribution is -0.127. The molecule has 0 aromatic rings. The van der Waals surface area contributed by atoms with Gasteiger partial charge in [-0.1, -0.05) is 27.7 Å². The lowest BCUT2D eigenvalue weighted by Gasteiger charge is -2.40. The number of hydrogen-bond acceptors (Lipinski definition) is 3. The lowest BCUT2D eigenvalue weighted by atomic mass is 9.85. The van der Waals surface area contributed by atoms with Crippen LogP contribution in [0.3, 0.4) is 0 Å². The first-order valence-corrected chi connectivity index (χ1v) is 8.58. The molecule has 4 nitrogen and oxygen atoms in total. The van der Waals surface area contributed by atoms with E-state index in [1.807, 2.05) is 0 Å². The van der Waals surface area contributed by atoms with Gasteiger partial charge in [0.25, 0.3) is 0 Å². The highest BCUT2D eigenvalue weighted by Crippen LogP contribution is 2.31. The highest BCUT2D eigenvalue weighted by Gasteiger charge is 2.35. The Morgan fingerprint density at radius 3 is 2.57 bits per heavy atom. The smallest absolute Gasteiger partial charge is 0.220 e. The molecule has 0 bridgehead atoms. The molecule has 2 atom stereocenters. The molecule has 0 saturated carbocycles. The van der Waals surface area contributed by atoms with Crippen LogP contribution in [0, 0.1) is 11.8 Å². The minimum atomic E-state index is -0.0403. The molecule has 0 radical (unpaired) electrons. The van der Waals surface area contributed by atoms with E-state index in [0.717, 1.165) is 38.7 Å². The highest BCUT2D eigenvalue weighted by atomic mass is 16.5. The van der Waals surface area contributed by atoms with Gasteiger partial charge in [-0.3, -0.25) is 4.79 Å². The lowest BCUT2D eigenvalue weighted by Crippen LogP contribution is -2.48. The van der Waals surface area contributed by atoms with Crippen molar-refractivity contribution in [1.29, 1.82) is 0 Å². The third-order valence-electron chi connectivity index (χ3n) is 4.76. The monoisotopic (exact) mass is 298 g/mol. The summed E-state index contributed by atoms with van der Waals surface area (Å²) in [6.07, 6.45) is 5.44. The Bertz CT molecular complexity index is 314. The van der Waals surface area contributed by atoms with Crippen molar-refractivity contribution >= 4 is 5.91 Å². The van der Waals surface area contributed by atoms with E-state index in [-0.39, 0.29) is 17.6 Å². The zero-order valence-corrected chi connectivity index (χ0v) is 14.3. The molecule has 0 spiro atoms. The van der Waals surface area contributed by atoms with E-state index in [2.05, 4.69) is 33.0 Å². The normalized spacial score (nSPS) is 23.0. The first-order valence-electron chi connectivity index (χ1n) is 8.58. The molecule has 1 fully saturated rings. The van der Waals surface area contributed by atoms with E-state index in [4.69, 9.17) is 10.5 Å². The summed E-state index contributed by atoms with van der Waals surface area (Å²) >= 11 is 0. The van der Waals surface area contributed by atoms with Crippen LogP contribution in [0.25, 0.3) is 0 Å². The number of carbonyl (C=O) groups excluding carboxylic acids is 1. The molecule has 1 rings (SSSR count). The van der Waals surface area contributed by atoms with E-state index in [9.17, 15) is 4.79 Å². The maximum absolute atomic E-state index is 12.2. The first kappa shape index (κ1) is 18.4. The fourth-order valence-electron chi connectivity index (χ4n) is 3.37. The number of hydrogen-bond donors (Lipinski definition) is 2. The average Bonchev–Trinajstić information content (AvgIpc) is 2.46. The van der Waals surface area contributed by atoms with Gasteiger partial charge in [-0.15, -0.1) is 0 Å². The van der Waals surface area contributed by atoms with Crippen molar-refractivity contribution in [3.63, 3.8) is 0 Å². The Morgan fingerprint density at radius 2 is 2.05 bits per heavy atom. The first-order chi connectivity index (χ1) is 9.94. The number of ether oxygens (including phenoxy) is 1. The molecular weight excluding hydrogens is 264 g/mol. The molecule has 21 heavy (non-hydrogen) atoms. The number of nitrogens with one attached hydrogen (secondary N) is 1. The SMILES string of the molecule is CCC1(CC)CC(NC(=O)C[C@@H](CN)CC(C)C)CCO1. The summed E-state index contributed by atoms with van der Waals surface area (Å²) in [6, 6.07) is 0.253. The fourth-order valence-corrected chi connectivity index (χ4v) is 3.37. The summed E-state index contributed by atoms with van der Waals surface area (Å²) in [4.78, 5) is 12.2. The van der Waals surface area contributed by atoms with Crippen LogP contribution in [0.5, 0.6) is 0 Å². The fraction of sp³-hybridized carbons (Fsp3) is 0.941. The second-order valence-electron chi connectivity index (χ2n) is 6.93. The molecule has 1 unspecified atom stereocenters. The molecule has 1 aliphatic heterocycles. The van der Waals surface area contributed by atoms with Crippen LogP contribution in [-0.2, 0) is 9.53 Å². The van der Waals surface area contributed by atoms with Gasteiger partial charge in [0.05, 0.1) is 5.60 Å². The third-order valence-corrected chi connectivity index (χ3v) is 4.76. The molecule has 124 valence electrons. The van der Waals surface area contributed by atoms with Gasteiger partial charge in [-0.2, -0.15) is 0 Å². The quantitative estimate of drug-likeness (QED) is 0.724. The summed E-state index contributed by atoms with van der Waals surface area (Å²) in [7, 11) is 0. The van der Waals surface area contributed by atoms with Crippen molar-refractivity contribution in [3.05, 3.63) is 0 Å². The van der Waals surface area contributed by atoms with Crippen molar-refractivity contribution in [2.75, 3.05) is 13.2 Å². The van der Waals surface area contributed by atoms with E-state index in [1.165, 1.54) is 0 Å². The van der Waals surface area contributed by atoms with E-state index in [0.29, 0.717) is 24.8 Å². The summed E-state index contributed by atoms with van der Waals surface area (Å²) in [5.41, 5.74) is 5.75. The number of carbonyl (C=O) groups is 1. The van der Waals surface area contributed by atoms with Gasteiger partial charge in [-0.05, 0) is 50.5 Å². The molecular formula is C17H34N2O2. The van der Waals surface area contributed by atoms with Gasteiger partial charge >= 0.3 is 0 Å². The van der Waals surface area contributed by atoms with Crippen LogP contribution in [-0.4, -0.2) is 30.7 Å². The molecule has 1 heterocycles. The highest BCUT2D eigenvalue weighted by molar-refractivity contribution is 5.76. The van der Waals surface area contributed by atoms with Crippen molar-refractivity contribution in [2.24, 2.45) is 17.6 Å². The third kappa shape index (κ3) is 5.95. The number of amides is 1. The number of nitrogens with two attached hydrogens (primary N) is 1. The summed E-state index contributed by atoms with van der Waals surface area (Å²) in [5, 5.41) is 3.21. The summed E-state index contributed by atoms with van der Waals surface area (Å²) in [5.74, 6) is 1.04. The van der Waals surface area contributed by atoms with Crippen molar-refractivity contribution in [1.82, 2.24) is 5.32 Å². The summed E-state index contributed by atoms with van der Waals surface area (Å²) in [6.45, 7) is 10.0. The minimum absolute atomic E-state index is 0.0403. The molecule has 1 amide bonds. The molecule has 1 aliphatic rings. The van der Waals surface area contributed by atoms with Crippen LogP contribution in [0.15, 0.2) is 0 Å². The molecule has 3 N–H and O–H groups in total. The average molecular weight is 298 g/mol. The standard InChI is InChI=1S/C17H34N2O2/c1-5-17(6-2)11-15(7-8-21-17)19-16(20)10-14(12-18)9-13(3)4/h13-15H,5-12,18H2,1-4H3,(H,19,20)/t14-,15?/m0/s1. The largest absolute Gasteiger partial charge is 0.375 e. The van der Waals surface area contributed by atoms with E-state index in [1.54, 1.807) is 0 Å². The Balaban J connectivity index is 2.46. The van der Waals surface area contributed by atoms with Gasteiger partial charge in [-0.25, -0.2) is 0 Å². The maximum atomic E-state index is 12.2. The van der Waals surface area contributed by atoms with Crippen LogP contribution in [0.2, 0.25) is 0 Å². The van der Waals surface area contributed by atoms with Gasteiger partial charge in [0.1, 0.15) is 0 Å². The minimum Gasteiger partial charge on any atom is -0.375 e. The zero-order valence-electron chi connectivity index (χ0n) is 14.3. The molecule has 0 aliphatic carbocycles. The summed E-state index contributed by atoms with van der Waals surface area (Å²) < 4.78 is 5.96. The van der Waals surface area contributed by atoms with Crippen LogP contribution >= 0.6 is 0 Å². The Kier molecular flexibility index (Phi) is 7.67. The Morgan fingerprint density at radius 1 is 1.38 bits per heavy atom. The predicted molar refractivity (Wildman–Crippen MR) is 87.0 cm³/mol. The zero-order chi connectivity index (χ0) is 15.9. The van der Waals surface area contributed by atoms with Crippen LogP contribution in [0.4, 0.5) is 0 Å². The topological polar surface area (TPSA) is 64.4 Å². The van der Waals surface area contributed by atoms with Gasteiger partial charge in [0, 0.05) is 19.1 Å². The van der Waals surface area contributed by atoms with Crippen LogP contribution in [0.1, 0.15) is 66.2 Å². The second-order valence-corrected chi connectivity index (χ2v) is 6.93. The van der Waals surface area contributed by atoms with E-state index < -0.39 is 0 Å². The molecule has 4 heteroatoms. The maximum Gasteiger partial charge on any atom is 0.220 e. The van der Waals surface area contributed by atoms with Crippen molar-refractivity contribution < 1.29 is 9.53 Å². The number of rotatable bonds is 8. The van der Waals surface area contributed by atoms with Crippen molar-refractivity contribution in [3.8, 4) is 0 Å². The van der Waals surface area contributed by atoms with E-state index >= 15 is 0 Å². The predicted octanol–water partition coefficient (Wildman–Crippen LogP) is 2.85. The van der Waals surface area contributed by atoms with Gasteiger partial charge < -0.3 is 15.8 Å². The van der Waals surface area contributed by atoms with Gasteiger partial charge in [0.2, 0.25) is 5.91 Å². The second kappa shape index (κ2) is 8.74.